The summed E-state index contributed by atoms with van der Waals surface area (Å²) in [7, 11) is 1.69. The molecule has 5 nitrogen and oxygen atoms in total. The molecule has 1 aromatic rings. The van der Waals surface area contributed by atoms with Crippen LogP contribution in [0.4, 0.5) is 5.69 Å². The lowest BCUT2D eigenvalue weighted by atomic mass is 10.2. The summed E-state index contributed by atoms with van der Waals surface area (Å²) in [5, 5.41) is 8.50. The highest BCUT2D eigenvalue weighted by Gasteiger charge is 2.15. The van der Waals surface area contributed by atoms with Gasteiger partial charge in [-0.3, -0.25) is 4.79 Å². The van der Waals surface area contributed by atoms with Crippen LogP contribution in [0.25, 0.3) is 0 Å². The van der Waals surface area contributed by atoms with Gasteiger partial charge in [-0.25, -0.2) is 0 Å². The lowest BCUT2D eigenvalue weighted by Crippen LogP contribution is -2.25. The molecule has 0 fully saturated rings. The van der Waals surface area contributed by atoms with Crippen molar-refractivity contribution in [2.45, 2.75) is 19.3 Å². The molecular weight excluding hydrogens is 244 g/mol. The molecule has 1 amide bonds. The first kappa shape index (κ1) is 13.2. The number of nitriles is 1. The van der Waals surface area contributed by atoms with Crippen molar-refractivity contribution in [1.29, 1.82) is 5.26 Å². The van der Waals surface area contributed by atoms with Gasteiger partial charge in [-0.2, -0.15) is 5.26 Å². The summed E-state index contributed by atoms with van der Waals surface area (Å²) in [6.07, 6.45) is 1.30. The fourth-order valence-electron chi connectivity index (χ4n) is 1.84. The predicted octanol–water partition coefficient (Wildman–Crippen LogP) is 2.11. The molecule has 0 saturated heterocycles. The average molecular weight is 260 g/mol. The smallest absolute Gasteiger partial charge is 0.227 e. The first-order valence-corrected chi connectivity index (χ1v) is 6.25. The highest BCUT2D eigenvalue weighted by molar-refractivity contribution is 5.93. The molecule has 1 aliphatic heterocycles. The Morgan fingerprint density at radius 1 is 1.37 bits per heavy atom. The quantitative estimate of drug-likeness (QED) is 0.835. The molecule has 0 aromatic heterocycles. The van der Waals surface area contributed by atoms with E-state index in [1.165, 1.54) is 4.90 Å². The van der Waals surface area contributed by atoms with Gasteiger partial charge < -0.3 is 14.4 Å². The maximum atomic E-state index is 11.8. The van der Waals surface area contributed by atoms with Gasteiger partial charge in [0.15, 0.2) is 11.5 Å². The second kappa shape index (κ2) is 6.10. The molecule has 2 rings (SSSR count). The Labute approximate surface area is 112 Å². The average Bonchev–Trinajstić information content (AvgIpc) is 2.68. The number of fused-ring (bicyclic) bond motifs is 1. The number of amides is 1. The summed E-state index contributed by atoms with van der Waals surface area (Å²) in [6, 6.07) is 7.39. The zero-order valence-corrected chi connectivity index (χ0v) is 10.9. The summed E-state index contributed by atoms with van der Waals surface area (Å²) < 4.78 is 11.1. The van der Waals surface area contributed by atoms with Crippen molar-refractivity contribution in [2.75, 3.05) is 25.2 Å². The molecule has 19 heavy (non-hydrogen) atoms. The summed E-state index contributed by atoms with van der Waals surface area (Å²) in [5.74, 6) is 1.28. The molecule has 5 heteroatoms. The van der Waals surface area contributed by atoms with Crippen LogP contribution in [0.1, 0.15) is 19.3 Å². The maximum absolute atomic E-state index is 11.8. The third kappa shape index (κ3) is 3.16. The first-order chi connectivity index (χ1) is 9.22. The van der Waals surface area contributed by atoms with E-state index in [2.05, 4.69) is 0 Å². The van der Waals surface area contributed by atoms with E-state index >= 15 is 0 Å². The fraction of sp³-hybridized carbons (Fsp3) is 0.429. The molecule has 1 aromatic carbocycles. The Morgan fingerprint density at radius 2 is 2.11 bits per heavy atom. The molecule has 0 saturated carbocycles. The maximum Gasteiger partial charge on any atom is 0.227 e. The third-order valence-electron chi connectivity index (χ3n) is 2.94. The number of rotatable bonds is 3. The lowest BCUT2D eigenvalue weighted by Gasteiger charge is -2.18. The monoisotopic (exact) mass is 260 g/mol. The zero-order chi connectivity index (χ0) is 13.7. The van der Waals surface area contributed by atoms with Gasteiger partial charge in [-0.05, 0) is 12.1 Å². The fourth-order valence-corrected chi connectivity index (χ4v) is 1.84. The van der Waals surface area contributed by atoms with Crippen LogP contribution in [-0.4, -0.2) is 26.2 Å². The van der Waals surface area contributed by atoms with Crippen molar-refractivity contribution < 1.29 is 14.3 Å². The molecule has 0 spiro atoms. The SMILES string of the molecule is CN(C(=O)CCC#N)c1ccc2c(c1)OCCCO2. The van der Waals surface area contributed by atoms with Gasteiger partial charge in [-0.1, -0.05) is 0 Å². The Morgan fingerprint density at radius 3 is 2.84 bits per heavy atom. The van der Waals surface area contributed by atoms with E-state index in [4.69, 9.17) is 14.7 Å². The standard InChI is InChI=1S/C14H16N2O3/c1-16(14(17)4-2-7-15)11-5-6-12-13(10-11)19-9-3-8-18-12/h5-6,10H,2-4,8-9H2,1H3. The van der Waals surface area contributed by atoms with Crippen LogP contribution in [0.2, 0.25) is 0 Å². The topological polar surface area (TPSA) is 62.6 Å². The van der Waals surface area contributed by atoms with Crippen molar-refractivity contribution in [2.24, 2.45) is 0 Å². The summed E-state index contributed by atoms with van der Waals surface area (Å²) in [4.78, 5) is 13.4. The van der Waals surface area contributed by atoms with Crippen LogP contribution in [0.3, 0.4) is 0 Å². The normalized spacial score (nSPS) is 13.3. The van der Waals surface area contributed by atoms with E-state index in [1.54, 1.807) is 13.1 Å². The van der Waals surface area contributed by atoms with E-state index in [-0.39, 0.29) is 18.7 Å². The van der Waals surface area contributed by atoms with E-state index in [9.17, 15) is 4.79 Å². The number of hydrogen-bond donors (Lipinski definition) is 0. The van der Waals surface area contributed by atoms with E-state index in [0.717, 1.165) is 12.1 Å². The van der Waals surface area contributed by atoms with Crippen LogP contribution in [0.15, 0.2) is 18.2 Å². The van der Waals surface area contributed by atoms with Gasteiger partial charge >= 0.3 is 0 Å². The number of benzene rings is 1. The highest BCUT2D eigenvalue weighted by Crippen LogP contribution is 2.33. The Bertz CT molecular complexity index is 508. The van der Waals surface area contributed by atoms with Crippen molar-refractivity contribution >= 4 is 11.6 Å². The number of hydrogen-bond acceptors (Lipinski definition) is 4. The number of ether oxygens (including phenoxy) is 2. The molecule has 0 aliphatic carbocycles. The predicted molar refractivity (Wildman–Crippen MR) is 70.3 cm³/mol. The largest absolute Gasteiger partial charge is 0.490 e. The Balaban J connectivity index is 2.15. The molecule has 100 valence electrons. The third-order valence-corrected chi connectivity index (χ3v) is 2.94. The van der Waals surface area contributed by atoms with Gasteiger partial charge in [0.1, 0.15) is 0 Å². The van der Waals surface area contributed by atoms with Crippen molar-refractivity contribution in [3.8, 4) is 17.6 Å². The van der Waals surface area contributed by atoms with Crippen LogP contribution >= 0.6 is 0 Å². The lowest BCUT2D eigenvalue weighted by molar-refractivity contribution is -0.118. The molecule has 0 N–H and O–H groups in total. The molecule has 1 aliphatic rings. The molecular formula is C14H16N2O3. The van der Waals surface area contributed by atoms with Gasteiger partial charge in [0.25, 0.3) is 0 Å². The number of anilines is 1. The molecule has 0 bridgehead atoms. The number of carbonyl (C=O) groups is 1. The van der Waals surface area contributed by atoms with Gasteiger partial charge in [0.2, 0.25) is 5.91 Å². The van der Waals surface area contributed by atoms with Crippen LogP contribution in [0.5, 0.6) is 11.5 Å². The van der Waals surface area contributed by atoms with Gasteiger partial charge in [0.05, 0.1) is 19.3 Å². The second-order valence-electron chi connectivity index (χ2n) is 4.29. The van der Waals surface area contributed by atoms with Crippen LogP contribution in [-0.2, 0) is 4.79 Å². The Hall–Kier alpha value is -2.22. The van der Waals surface area contributed by atoms with Gasteiger partial charge in [-0.15, -0.1) is 0 Å². The number of carbonyl (C=O) groups excluding carboxylic acids is 1. The second-order valence-corrected chi connectivity index (χ2v) is 4.29. The Kier molecular flexibility index (Phi) is 4.24. The van der Waals surface area contributed by atoms with E-state index in [1.807, 2.05) is 18.2 Å². The minimum atomic E-state index is -0.0870. The zero-order valence-electron chi connectivity index (χ0n) is 10.9. The molecule has 0 radical (unpaired) electrons. The minimum absolute atomic E-state index is 0.0870. The van der Waals surface area contributed by atoms with Crippen LogP contribution in [0, 0.1) is 11.3 Å². The highest BCUT2D eigenvalue weighted by atomic mass is 16.5. The van der Waals surface area contributed by atoms with E-state index in [0.29, 0.717) is 24.7 Å². The van der Waals surface area contributed by atoms with Crippen molar-refractivity contribution in [3.63, 3.8) is 0 Å². The minimum Gasteiger partial charge on any atom is -0.490 e. The van der Waals surface area contributed by atoms with Crippen molar-refractivity contribution in [1.82, 2.24) is 0 Å². The summed E-state index contributed by atoms with van der Waals surface area (Å²) >= 11 is 0. The summed E-state index contributed by atoms with van der Waals surface area (Å²) in [5.41, 5.74) is 0.743. The van der Waals surface area contributed by atoms with E-state index < -0.39 is 0 Å². The summed E-state index contributed by atoms with van der Waals surface area (Å²) in [6.45, 7) is 1.26. The molecule has 1 heterocycles. The first-order valence-electron chi connectivity index (χ1n) is 6.25. The van der Waals surface area contributed by atoms with Gasteiger partial charge in [0, 0.05) is 38.1 Å². The molecule has 0 atom stereocenters. The molecule has 0 unspecified atom stereocenters. The van der Waals surface area contributed by atoms with Crippen molar-refractivity contribution in [3.05, 3.63) is 18.2 Å². The van der Waals surface area contributed by atoms with Crippen LogP contribution < -0.4 is 14.4 Å². The number of nitrogens with zero attached hydrogens (tertiary/aromatic N) is 2.